The number of carbonyl (C=O) groups is 1. The summed E-state index contributed by atoms with van der Waals surface area (Å²) in [4.78, 5) is 31.8. The molecule has 0 spiro atoms. The lowest BCUT2D eigenvalue weighted by molar-refractivity contribution is -0.141. The molecule has 5 rings (SSSR count). The fourth-order valence-electron chi connectivity index (χ4n) is 3.30. The first-order valence-electron chi connectivity index (χ1n) is 7.82. The van der Waals surface area contributed by atoms with Gasteiger partial charge in [-0.1, -0.05) is 0 Å². The summed E-state index contributed by atoms with van der Waals surface area (Å²) in [7, 11) is 1.27. The standard InChI is InChI=1S/C16H17N5O3/c1-24-14(23)9-21-13(22)3-2-12(20-21)11-7-17-15(18-8-11)19-16-4-10(5-16)6-16/h2-3,7-8,10H,4-6,9H2,1H3,(H,17,18,19). The largest absolute Gasteiger partial charge is 0.468 e. The highest BCUT2D eigenvalue weighted by Crippen LogP contribution is 2.58. The molecule has 8 heteroatoms. The van der Waals surface area contributed by atoms with Crippen molar-refractivity contribution in [2.45, 2.75) is 31.3 Å². The lowest BCUT2D eigenvalue weighted by Crippen LogP contribution is -2.63. The molecule has 3 fully saturated rings. The molecule has 2 aromatic rings. The third kappa shape index (κ3) is 2.53. The predicted molar refractivity (Wildman–Crippen MR) is 85.2 cm³/mol. The van der Waals surface area contributed by atoms with Crippen LogP contribution in [-0.4, -0.2) is 38.4 Å². The monoisotopic (exact) mass is 327 g/mol. The lowest BCUT2D eigenvalue weighted by Gasteiger charge is -2.61. The molecule has 1 N–H and O–H groups in total. The molecule has 2 aromatic heterocycles. The number of hydrogen-bond acceptors (Lipinski definition) is 7. The Morgan fingerprint density at radius 3 is 2.62 bits per heavy atom. The molecule has 124 valence electrons. The van der Waals surface area contributed by atoms with Gasteiger partial charge in [-0.2, -0.15) is 5.10 Å². The van der Waals surface area contributed by atoms with Crippen molar-refractivity contribution in [3.8, 4) is 11.3 Å². The molecule has 2 heterocycles. The van der Waals surface area contributed by atoms with Crippen LogP contribution in [0.1, 0.15) is 19.3 Å². The second-order valence-electron chi connectivity index (χ2n) is 6.47. The number of nitrogens with zero attached hydrogens (tertiary/aromatic N) is 4. The zero-order valence-corrected chi connectivity index (χ0v) is 13.2. The van der Waals surface area contributed by atoms with E-state index in [1.165, 1.54) is 32.4 Å². The van der Waals surface area contributed by atoms with Crippen LogP contribution in [0, 0.1) is 5.92 Å². The van der Waals surface area contributed by atoms with E-state index in [1.807, 2.05) is 0 Å². The molecule has 3 saturated carbocycles. The molecule has 0 radical (unpaired) electrons. The third-order valence-electron chi connectivity index (χ3n) is 4.74. The summed E-state index contributed by atoms with van der Waals surface area (Å²) in [6, 6.07) is 2.95. The van der Waals surface area contributed by atoms with Gasteiger partial charge in [0.05, 0.1) is 12.8 Å². The normalized spacial score (nSPS) is 23.8. The molecule has 8 nitrogen and oxygen atoms in total. The van der Waals surface area contributed by atoms with Gasteiger partial charge in [0.25, 0.3) is 5.56 Å². The van der Waals surface area contributed by atoms with Crippen LogP contribution in [-0.2, 0) is 16.1 Å². The maximum Gasteiger partial charge on any atom is 0.327 e. The minimum atomic E-state index is -0.531. The fourth-order valence-corrected chi connectivity index (χ4v) is 3.30. The van der Waals surface area contributed by atoms with Crippen molar-refractivity contribution in [1.82, 2.24) is 19.7 Å². The summed E-state index contributed by atoms with van der Waals surface area (Å²) >= 11 is 0. The van der Waals surface area contributed by atoms with Gasteiger partial charge in [-0.3, -0.25) is 9.59 Å². The predicted octanol–water partition coefficient (Wildman–Crippen LogP) is 0.838. The van der Waals surface area contributed by atoms with E-state index in [1.54, 1.807) is 18.5 Å². The Hall–Kier alpha value is -2.77. The number of anilines is 1. The summed E-state index contributed by atoms with van der Waals surface area (Å²) in [5.41, 5.74) is 1.05. The SMILES string of the molecule is COC(=O)Cn1nc(-c2cnc(NC34CC(C3)C4)nc2)ccc1=O. The Balaban J connectivity index is 1.53. The molecule has 0 unspecified atom stereocenters. The van der Waals surface area contributed by atoms with Crippen LogP contribution in [0.2, 0.25) is 0 Å². The van der Waals surface area contributed by atoms with Gasteiger partial charge < -0.3 is 10.1 Å². The van der Waals surface area contributed by atoms with Crippen molar-refractivity contribution in [3.63, 3.8) is 0 Å². The zero-order valence-electron chi connectivity index (χ0n) is 13.2. The van der Waals surface area contributed by atoms with E-state index in [4.69, 9.17) is 0 Å². The highest BCUT2D eigenvalue weighted by atomic mass is 16.5. The average Bonchev–Trinajstić information content (AvgIpc) is 2.52. The van der Waals surface area contributed by atoms with Crippen molar-refractivity contribution in [3.05, 3.63) is 34.9 Å². The second kappa shape index (κ2) is 5.40. The van der Waals surface area contributed by atoms with Crippen LogP contribution >= 0.6 is 0 Å². The van der Waals surface area contributed by atoms with Crippen LogP contribution in [0.25, 0.3) is 11.3 Å². The number of rotatable bonds is 5. The average molecular weight is 327 g/mol. The highest BCUT2D eigenvalue weighted by molar-refractivity contribution is 5.68. The molecule has 24 heavy (non-hydrogen) atoms. The topological polar surface area (TPSA) is 99.0 Å². The maximum absolute atomic E-state index is 11.8. The van der Waals surface area contributed by atoms with E-state index in [2.05, 4.69) is 25.1 Å². The van der Waals surface area contributed by atoms with E-state index < -0.39 is 5.97 Å². The molecule has 0 aliphatic heterocycles. The minimum Gasteiger partial charge on any atom is -0.468 e. The van der Waals surface area contributed by atoms with Crippen molar-refractivity contribution >= 4 is 11.9 Å². The molecular formula is C16H17N5O3. The van der Waals surface area contributed by atoms with Gasteiger partial charge in [-0.15, -0.1) is 0 Å². The van der Waals surface area contributed by atoms with Crippen molar-refractivity contribution in [2.24, 2.45) is 5.92 Å². The summed E-state index contributed by atoms with van der Waals surface area (Å²) in [6.07, 6.45) is 6.95. The third-order valence-corrected chi connectivity index (χ3v) is 4.74. The van der Waals surface area contributed by atoms with Crippen molar-refractivity contribution < 1.29 is 9.53 Å². The molecule has 0 aromatic carbocycles. The van der Waals surface area contributed by atoms with E-state index in [9.17, 15) is 9.59 Å². The van der Waals surface area contributed by atoms with Crippen molar-refractivity contribution in [2.75, 3.05) is 12.4 Å². The number of aromatic nitrogens is 4. The molecule has 3 aliphatic carbocycles. The van der Waals surface area contributed by atoms with E-state index in [-0.39, 0.29) is 17.6 Å². The number of methoxy groups -OCH3 is 1. The van der Waals surface area contributed by atoms with E-state index >= 15 is 0 Å². The van der Waals surface area contributed by atoms with Crippen LogP contribution in [0.5, 0.6) is 0 Å². The van der Waals surface area contributed by atoms with Gasteiger partial charge in [0.1, 0.15) is 6.54 Å². The zero-order chi connectivity index (χ0) is 16.7. The number of carbonyl (C=O) groups excluding carboxylic acids is 1. The molecule has 0 atom stereocenters. The van der Waals surface area contributed by atoms with E-state index in [0.717, 1.165) is 10.6 Å². The van der Waals surface area contributed by atoms with E-state index in [0.29, 0.717) is 17.2 Å². The molecular weight excluding hydrogens is 310 g/mol. The Morgan fingerprint density at radius 2 is 2.04 bits per heavy atom. The van der Waals surface area contributed by atoms with Gasteiger partial charge in [0.2, 0.25) is 5.95 Å². The highest BCUT2D eigenvalue weighted by Gasteiger charge is 2.56. The van der Waals surface area contributed by atoms with Gasteiger partial charge >= 0.3 is 5.97 Å². The summed E-state index contributed by atoms with van der Waals surface area (Å²) in [6.45, 7) is -0.229. The maximum atomic E-state index is 11.8. The quantitative estimate of drug-likeness (QED) is 0.812. The van der Waals surface area contributed by atoms with Gasteiger partial charge in [-0.05, 0) is 31.2 Å². The number of nitrogens with one attached hydrogen (secondary N) is 1. The summed E-state index contributed by atoms with van der Waals surface area (Å²) < 4.78 is 5.63. The summed E-state index contributed by atoms with van der Waals surface area (Å²) in [5, 5.41) is 7.57. The summed E-state index contributed by atoms with van der Waals surface area (Å²) in [5.74, 6) is 0.965. The number of hydrogen-bond donors (Lipinski definition) is 1. The Kier molecular flexibility index (Phi) is 3.33. The number of ether oxygens (including phenoxy) is 1. The fraction of sp³-hybridized carbons (Fsp3) is 0.438. The second-order valence-corrected chi connectivity index (χ2v) is 6.47. The van der Waals surface area contributed by atoms with Gasteiger partial charge in [0, 0.05) is 29.6 Å². The van der Waals surface area contributed by atoms with Gasteiger partial charge in [-0.25, -0.2) is 14.6 Å². The smallest absolute Gasteiger partial charge is 0.327 e. The first-order chi connectivity index (χ1) is 11.6. The van der Waals surface area contributed by atoms with Crippen LogP contribution in [0.4, 0.5) is 5.95 Å². The van der Waals surface area contributed by atoms with Crippen LogP contribution in [0.3, 0.4) is 0 Å². The van der Waals surface area contributed by atoms with Crippen LogP contribution < -0.4 is 10.9 Å². The first kappa shape index (κ1) is 14.8. The Morgan fingerprint density at radius 1 is 1.33 bits per heavy atom. The Labute approximate surface area is 137 Å². The molecule has 2 bridgehead atoms. The number of esters is 1. The first-order valence-corrected chi connectivity index (χ1v) is 7.82. The van der Waals surface area contributed by atoms with Gasteiger partial charge in [0.15, 0.2) is 0 Å². The molecule has 3 aliphatic rings. The lowest BCUT2D eigenvalue weighted by atomic mass is 9.50. The van der Waals surface area contributed by atoms with Crippen molar-refractivity contribution in [1.29, 1.82) is 0 Å². The Bertz CT molecular complexity index is 829. The molecule has 0 amide bonds. The minimum absolute atomic E-state index is 0.220. The van der Waals surface area contributed by atoms with Crippen LogP contribution in [0.15, 0.2) is 29.3 Å². The molecule has 0 saturated heterocycles.